The number of pyridine rings is 1. The summed E-state index contributed by atoms with van der Waals surface area (Å²) in [5.74, 6) is 0.0240. The van der Waals surface area contributed by atoms with Gasteiger partial charge >= 0.3 is 0 Å². The Hall–Kier alpha value is -3.16. The summed E-state index contributed by atoms with van der Waals surface area (Å²) in [4.78, 5) is 31.2. The molecule has 2 amide bonds. The zero-order valence-corrected chi connectivity index (χ0v) is 17.8. The number of methoxy groups -OCH3 is 1. The van der Waals surface area contributed by atoms with E-state index < -0.39 is 5.54 Å². The minimum Gasteiger partial charge on any atom is -0.496 e. The third kappa shape index (κ3) is 4.62. The molecule has 7 nitrogen and oxygen atoms in total. The molecule has 2 heterocycles. The molecule has 0 radical (unpaired) electrons. The van der Waals surface area contributed by atoms with Gasteiger partial charge in [0.25, 0.3) is 5.91 Å². The maximum absolute atomic E-state index is 13.7. The summed E-state index contributed by atoms with van der Waals surface area (Å²) in [6, 6.07) is 8.05. The molecule has 0 spiro atoms. The number of rotatable bonds is 7. The number of carbonyl (C=O) groups excluding carboxylic acids is 2. The van der Waals surface area contributed by atoms with Crippen molar-refractivity contribution in [2.75, 3.05) is 32.1 Å². The third-order valence-electron chi connectivity index (χ3n) is 6.15. The van der Waals surface area contributed by atoms with E-state index in [0.717, 1.165) is 37.1 Å². The standard InChI is InChI=1S/C23H27FN4O3/c1-25-21(29)15-6-10-28(14-15)18-5-9-26-19(12-18)22(30)27-23(7-8-23)13-16-11-17(24)3-4-20(16)31-2/h3-5,9,11-12,15H,6-8,10,13-14H2,1-2H3,(H,25,29)(H,27,30). The van der Waals surface area contributed by atoms with E-state index >= 15 is 0 Å². The number of nitrogens with one attached hydrogen (secondary N) is 2. The van der Waals surface area contributed by atoms with Gasteiger partial charge in [0.2, 0.25) is 5.91 Å². The fourth-order valence-electron chi connectivity index (χ4n) is 4.20. The lowest BCUT2D eigenvalue weighted by atomic mass is 10.0. The first-order chi connectivity index (χ1) is 14.9. The van der Waals surface area contributed by atoms with E-state index in [0.29, 0.717) is 24.4 Å². The Morgan fingerprint density at radius 1 is 1.29 bits per heavy atom. The van der Waals surface area contributed by atoms with Crippen molar-refractivity contribution in [2.24, 2.45) is 5.92 Å². The summed E-state index contributed by atoms with van der Waals surface area (Å²) >= 11 is 0. The zero-order chi connectivity index (χ0) is 22.0. The molecular weight excluding hydrogens is 399 g/mol. The molecule has 1 unspecified atom stereocenters. The van der Waals surface area contributed by atoms with Crippen molar-refractivity contribution in [3.05, 3.63) is 53.6 Å². The molecule has 8 heteroatoms. The molecule has 31 heavy (non-hydrogen) atoms. The number of benzene rings is 1. The third-order valence-corrected chi connectivity index (χ3v) is 6.15. The van der Waals surface area contributed by atoms with Crippen LogP contribution in [0.15, 0.2) is 36.5 Å². The van der Waals surface area contributed by atoms with E-state index in [2.05, 4.69) is 20.5 Å². The highest BCUT2D eigenvalue weighted by molar-refractivity contribution is 5.94. The molecule has 1 saturated heterocycles. The van der Waals surface area contributed by atoms with Crippen molar-refractivity contribution in [3.8, 4) is 5.75 Å². The van der Waals surface area contributed by atoms with Crippen molar-refractivity contribution in [3.63, 3.8) is 0 Å². The Morgan fingerprint density at radius 3 is 2.81 bits per heavy atom. The first kappa shape index (κ1) is 21.1. The Balaban J connectivity index is 1.44. The second-order valence-corrected chi connectivity index (χ2v) is 8.31. The van der Waals surface area contributed by atoms with Crippen molar-refractivity contribution in [1.29, 1.82) is 0 Å². The van der Waals surface area contributed by atoms with Crippen LogP contribution < -0.4 is 20.3 Å². The molecular formula is C23H27FN4O3. The monoisotopic (exact) mass is 426 g/mol. The van der Waals surface area contributed by atoms with Crippen molar-refractivity contribution < 1.29 is 18.7 Å². The number of halogens is 1. The lowest BCUT2D eigenvalue weighted by molar-refractivity contribution is -0.123. The van der Waals surface area contributed by atoms with Crippen LogP contribution in [-0.2, 0) is 11.2 Å². The SMILES string of the molecule is CNC(=O)C1CCN(c2ccnc(C(=O)NC3(Cc4cc(F)ccc4OC)CC3)c2)C1. The molecule has 1 aliphatic carbocycles. The van der Waals surface area contributed by atoms with E-state index in [1.807, 2.05) is 6.07 Å². The van der Waals surface area contributed by atoms with Crippen molar-refractivity contribution in [1.82, 2.24) is 15.6 Å². The topological polar surface area (TPSA) is 83.6 Å². The summed E-state index contributed by atoms with van der Waals surface area (Å²) in [6.45, 7) is 1.38. The molecule has 1 aromatic carbocycles. The van der Waals surface area contributed by atoms with Gasteiger partial charge in [0, 0.05) is 37.6 Å². The van der Waals surface area contributed by atoms with Gasteiger partial charge in [0.1, 0.15) is 17.3 Å². The highest BCUT2D eigenvalue weighted by atomic mass is 19.1. The van der Waals surface area contributed by atoms with Gasteiger partial charge in [-0.3, -0.25) is 14.6 Å². The largest absolute Gasteiger partial charge is 0.496 e. The summed E-state index contributed by atoms with van der Waals surface area (Å²) in [6.07, 6.45) is 4.53. The summed E-state index contributed by atoms with van der Waals surface area (Å²) in [5.41, 5.74) is 1.54. The fraction of sp³-hybridized carbons (Fsp3) is 0.435. The fourth-order valence-corrected chi connectivity index (χ4v) is 4.20. The Kier molecular flexibility index (Phi) is 5.80. The van der Waals surface area contributed by atoms with E-state index in [-0.39, 0.29) is 23.5 Å². The van der Waals surface area contributed by atoms with Gasteiger partial charge in [-0.2, -0.15) is 0 Å². The van der Waals surface area contributed by atoms with Gasteiger partial charge in [0.05, 0.1) is 13.0 Å². The molecule has 1 aliphatic heterocycles. The maximum atomic E-state index is 13.7. The first-order valence-electron chi connectivity index (χ1n) is 10.5. The van der Waals surface area contributed by atoms with Crippen LogP contribution in [0, 0.1) is 11.7 Å². The number of carbonyl (C=O) groups is 2. The smallest absolute Gasteiger partial charge is 0.270 e. The molecule has 2 aliphatic rings. The Bertz CT molecular complexity index is 993. The van der Waals surface area contributed by atoms with Crippen molar-refractivity contribution in [2.45, 2.75) is 31.2 Å². The number of aromatic nitrogens is 1. The molecule has 2 fully saturated rings. The lowest BCUT2D eigenvalue weighted by Gasteiger charge is -2.21. The van der Waals surface area contributed by atoms with Gasteiger partial charge in [0.15, 0.2) is 0 Å². The minimum atomic E-state index is -0.409. The molecule has 1 saturated carbocycles. The quantitative estimate of drug-likeness (QED) is 0.710. The van der Waals surface area contributed by atoms with Gasteiger partial charge in [-0.1, -0.05) is 0 Å². The molecule has 1 aromatic heterocycles. The summed E-state index contributed by atoms with van der Waals surface area (Å²) in [5, 5.41) is 5.79. The van der Waals surface area contributed by atoms with Crippen LogP contribution in [0.25, 0.3) is 0 Å². The van der Waals surface area contributed by atoms with Crippen LogP contribution in [0.5, 0.6) is 5.75 Å². The second-order valence-electron chi connectivity index (χ2n) is 8.31. The average molecular weight is 426 g/mol. The lowest BCUT2D eigenvalue weighted by Crippen LogP contribution is -2.39. The molecule has 2 aromatic rings. The molecule has 0 bridgehead atoms. The van der Waals surface area contributed by atoms with E-state index in [9.17, 15) is 14.0 Å². The van der Waals surface area contributed by atoms with E-state index in [1.54, 1.807) is 32.5 Å². The van der Waals surface area contributed by atoms with Crippen LogP contribution in [0.2, 0.25) is 0 Å². The van der Waals surface area contributed by atoms with Crippen LogP contribution in [0.1, 0.15) is 35.3 Å². The normalized spacial score (nSPS) is 19.1. The average Bonchev–Trinajstić information content (AvgIpc) is 3.34. The first-order valence-corrected chi connectivity index (χ1v) is 10.5. The summed E-state index contributed by atoms with van der Waals surface area (Å²) in [7, 11) is 3.20. The van der Waals surface area contributed by atoms with Crippen LogP contribution in [0.3, 0.4) is 0 Å². The van der Waals surface area contributed by atoms with Gasteiger partial charge < -0.3 is 20.3 Å². The highest BCUT2D eigenvalue weighted by Crippen LogP contribution is 2.41. The Morgan fingerprint density at radius 2 is 2.10 bits per heavy atom. The second kappa shape index (κ2) is 8.53. The predicted octanol–water partition coefficient (Wildman–Crippen LogP) is 2.31. The Labute approximate surface area is 181 Å². The molecule has 164 valence electrons. The van der Waals surface area contributed by atoms with Crippen molar-refractivity contribution >= 4 is 17.5 Å². The number of amides is 2. The number of anilines is 1. The molecule has 2 N–H and O–H groups in total. The maximum Gasteiger partial charge on any atom is 0.270 e. The van der Waals surface area contributed by atoms with Crippen LogP contribution in [0.4, 0.5) is 10.1 Å². The van der Waals surface area contributed by atoms with Crippen LogP contribution in [-0.4, -0.2) is 49.6 Å². The van der Waals surface area contributed by atoms with Gasteiger partial charge in [-0.05, 0) is 61.6 Å². The predicted molar refractivity (Wildman–Crippen MR) is 115 cm³/mol. The zero-order valence-electron chi connectivity index (χ0n) is 17.8. The number of hydrogen-bond acceptors (Lipinski definition) is 5. The van der Waals surface area contributed by atoms with Crippen LogP contribution >= 0.6 is 0 Å². The minimum absolute atomic E-state index is 0.0398. The van der Waals surface area contributed by atoms with E-state index in [4.69, 9.17) is 4.74 Å². The molecule has 4 rings (SSSR count). The van der Waals surface area contributed by atoms with Gasteiger partial charge in [-0.25, -0.2) is 4.39 Å². The molecule has 1 atom stereocenters. The van der Waals surface area contributed by atoms with E-state index in [1.165, 1.54) is 12.1 Å². The number of ether oxygens (including phenoxy) is 1. The number of nitrogens with zero attached hydrogens (tertiary/aromatic N) is 2. The summed E-state index contributed by atoms with van der Waals surface area (Å²) < 4.78 is 19.1. The number of hydrogen-bond donors (Lipinski definition) is 2. The highest BCUT2D eigenvalue weighted by Gasteiger charge is 2.45. The van der Waals surface area contributed by atoms with Gasteiger partial charge in [-0.15, -0.1) is 0 Å².